The SMILES string of the molecule is CC(C)CN(CC(C)C)C(=O)NC1CC(=O)N(c2ccc3c(c2)OCCO3)C1. The Hall–Kier alpha value is -2.44. The van der Waals surface area contributed by atoms with Gasteiger partial charge in [-0.1, -0.05) is 27.7 Å². The highest BCUT2D eigenvalue weighted by atomic mass is 16.6. The van der Waals surface area contributed by atoms with E-state index in [1.165, 1.54) is 0 Å². The Morgan fingerprint density at radius 3 is 2.43 bits per heavy atom. The molecular formula is C21H31N3O4. The van der Waals surface area contributed by atoms with Crippen molar-refractivity contribution in [2.75, 3.05) is 37.7 Å². The van der Waals surface area contributed by atoms with Crippen molar-refractivity contribution in [3.05, 3.63) is 18.2 Å². The van der Waals surface area contributed by atoms with Crippen LogP contribution in [0.3, 0.4) is 0 Å². The Labute approximate surface area is 167 Å². The molecule has 1 aromatic rings. The van der Waals surface area contributed by atoms with Gasteiger partial charge in [-0.3, -0.25) is 4.79 Å². The topological polar surface area (TPSA) is 71.1 Å². The highest BCUT2D eigenvalue weighted by Crippen LogP contribution is 2.35. The molecule has 3 rings (SSSR count). The summed E-state index contributed by atoms with van der Waals surface area (Å²) >= 11 is 0. The molecule has 2 aliphatic heterocycles. The summed E-state index contributed by atoms with van der Waals surface area (Å²) in [5, 5.41) is 3.05. The number of benzene rings is 1. The predicted molar refractivity (Wildman–Crippen MR) is 108 cm³/mol. The number of hydrogen-bond acceptors (Lipinski definition) is 4. The highest BCUT2D eigenvalue weighted by Gasteiger charge is 2.33. The minimum atomic E-state index is -0.199. The molecule has 0 saturated carbocycles. The lowest BCUT2D eigenvalue weighted by Gasteiger charge is -2.28. The molecule has 7 nitrogen and oxygen atoms in total. The Bertz CT molecular complexity index is 710. The van der Waals surface area contributed by atoms with Crippen LogP contribution in [0.1, 0.15) is 34.1 Å². The molecule has 154 valence electrons. The lowest BCUT2D eigenvalue weighted by atomic mass is 10.1. The molecule has 1 fully saturated rings. The fraction of sp³-hybridized carbons (Fsp3) is 0.619. The van der Waals surface area contributed by atoms with E-state index in [2.05, 4.69) is 33.0 Å². The van der Waals surface area contributed by atoms with Crippen molar-refractivity contribution in [3.63, 3.8) is 0 Å². The first-order valence-electron chi connectivity index (χ1n) is 10.1. The third-order valence-corrected chi connectivity index (χ3v) is 4.75. The van der Waals surface area contributed by atoms with E-state index in [1.807, 2.05) is 23.1 Å². The van der Waals surface area contributed by atoms with Gasteiger partial charge in [-0.05, 0) is 24.0 Å². The van der Waals surface area contributed by atoms with Gasteiger partial charge in [0.2, 0.25) is 5.91 Å². The molecule has 1 atom stereocenters. The largest absolute Gasteiger partial charge is 0.486 e. The van der Waals surface area contributed by atoms with Gasteiger partial charge in [-0.25, -0.2) is 4.79 Å². The van der Waals surface area contributed by atoms with Crippen molar-refractivity contribution in [1.29, 1.82) is 0 Å². The van der Waals surface area contributed by atoms with Crippen molar-refractivity contribution in [1.82, 2.24) is 10.2 Å². The second-order valence-electron chi connectivity index (χ2n) is 8.38. The van der Waals surface area contributed by atoms with E-state index in [1.54, 1.807) is 4.90 Å². The number of rotatable bonds is 6. The van der Waals surface area contributed by atoms with Crippen molar-refractivity contribution in [2.24, 2.45) is 11.8 Å². The second kappa shape index (κ2) is 8.71. The van der Waals surface area contributed by atoms with E-state index < -0.39 is 0 Å². The minimum Gasteiger partial charge on any atom is -0.486 e. The van der Waals surface area contributed by atoms with E-state index in [4.69, 9.17) is 9.47 Å². The van der Waals surface area contributed by atoms with Gasteiger partial charge in [-0.2, -0.15) is 0 Å². The van der Waals surface area contributed by atoms with Crippen molar-refractivity contribution in [3.8, 4) is 11.5 Å². The van der Waals surface area contributed by atoms with Gasteiger partial charge in [-0.15, -0.1) is 0 Å². The normalized spacial score (nSPS) is 18.7. The fourth-order valence-electron chi connectivity index (χ4n) is 3.64. The monoisotopic (exact) mass is 389 g/mol. The van der Waals surface area contributed by atoms with Crippen LogP contribution in [0.2, 0.25) is 0 Å². The van der Waals surface area contributed by atoms with Crippen LogP contribution < -0.4 is 19.7 Å². The molecule has 7 heteroatoms. The molecule has 3 amide bonds. The summed E-state index contributed by atoms with van der Waals surface area (Å²) < 4.78 is 11.2. The van der Waals surface area contributed by atoms with Crippen LogP contribution >= 0.6 is 0 Å². The van der Waals surface area contributed by atoms with E-state index >= 15 is 0 Å². The minimum absolute atomic E-state index is 0.00115. The van der Waals surface area contributed by atoms with Crippen LogP contribution in [0.25, 0.3) is 0 Å². The molecule has 0 spiro atoms. The summed E-state index contributed by atoms with van der Waals surface area (Å²) in [4.78, 5) is 28.9. The Kier molecular flexibility index (Phi) is 6.31. The van der Waals surface area contributed by atoms with Crippen LogP contribution in [0.15, 0.2) is 18.2 Å². The van der Waals surface area contributed by atoms with Crippen molar-refractivity contribution >= 4 is 17.6 Å². The average Bonchev–Trinajstić information content (AvgIpc) is 3.00. The molecule has 1 N–H and O–H groups in total. The van der Waals surface area contributed by atoms with E-state index in [9.17, 15) is 9.59 Å². The molecule has 0 bridgehead atoms. The third kappa shape index (κ3) is 4.88. The molecule has 28 heavy (non-hydrogen) atoms. The Morgan fingerprint density at radius 2 is 1.79 bits per heavy atom. The fourth-order valence-corrected chi connectivity index (χ4v) is 3.64. The number of anilines is 1. The second-order valence-corrected chi connectivity index (χ2v) is 8.38. The standard InChI is InChI=1S/C21H31N3O4/c1-14(2)11-23(12-15(3)4)21(26)22-16-9-20(25)24(13-16)17-5-6-18-19(10-17)28-8-7-27-18/h5-6,10,14-16H,7-9,11-13H2,1-4H3,(H,22,26). The quantitative estimate of drug-likeness (QED) is 0.812. The van der Waals surface area contributed by atoms with Gasteiger partial charge in [0.05, 0.1) is 6.04 Å². The maximum atomic E-state index is 12.8. The lowest BCUT2D eigenvalue weighted by molar-refractivity contribution is -0.117. The van der Waals surface area contributed by atoms with Crippen LogP contribution in [-0.2, 0) is 4.79 Å². The number of carbonyl (C=O) groups is 2. The first-order valence-corrected chi connectivity index (χ1v) is 10.1. The summed E-state index contributed by atoms with van der Waals surface area (Å²) in [7, 11) is 0. The zero-order valence-corrected chi connectivity index (χ0v) is 17.2. The smallest absolute Gasteiger partial charge is 0.317 e. The molecular weight excluding hydrogens is 358 g/mol. The maximum Gasteiger partial charge on any atom is 0.317 e. The molecule has 1 aromatic carbocycles. The third-order valence-electron chi connectivity index (χ3n) is 4.75. The van der Waals surface area contributed by atoms with Gasteiger partial charge in [0, 0.05) is 37.8 Å². The molecule has 0 aromatic heterocycles. The molecule has 0 aliphatic carbocycles. The number of carbonyl (C=O) groups excluding carboxylic acids is 2. The first-order chi connectivity index (χ1) is 13.3. The van der Waals surface area contributed by atoms with E-state index in [0.717, 1.165) is 5.69 Å². The van der Waals surface area contributed by atoms with Gasteiger partial charge in [0.1, 0.15) is 13.2 Å². The molecule has 1 unspecified atom stereocenters. The van der Waals surface area contributed by atoms with Crippen LogP contribution in [0.5, 0.6) is 11.5 Å². The molecule has 2 aliphatic rings. The van der Waals surface area contributed by atoms with Gasteiger partial charge in [0.15, 0.2) is 11.5 Å². The molecule has 0 radical (unpaired) electrons. The van der Waals surface area contributed by atoms with Crippen molar-refractivity contribution < 1.29 is 19.1 Å². The predicted octanol–water partition coefficient (Wildman–Crippen LogP) is 2.89. The summed E-state index contributed by atoms with van der Waals surface area (Å²) in [5.74, 6) is 2.14. The number of hydrogen-bond donors (Lipinski definition) is 1. The number of urea groups is 1. The van der Waals surface area contributed by atoms with Gasteiger partial charge in [0.25, 0.3) is 0 Å². The summed E-state index contributed by atoms with van der Waals surface area (Å²) in [6.45, 7) is 11.3. The Balaban J connectivity index is 1.64. The summed E-state index contributed by atoms with van der Waals surface area (Å²) in [6, 6.07) is 5.23. The number of nitrogens with zero attached hydrogens (tertiary/aromatic N) is 2. The first kappa shape index (κ1) is 20.3. The zero-order valence-electron chi connectivity index (χ0n) is 17.2. The van der Waals surface area contributed by atoms with Crippen LogP contribution in [0, 0.1) is 11.8 Å². The highest BCUT2D eigenvalue weighted by molar-refractivity contribution is 5.97. The van der Waals surface area contributed by atoms with Crippen LogP contribution in [-0.4, -0.2) is 55.7 Å². The van der Waals surface area contributed by atoms with Gasteiger partial charge < -0.3 is 24.6 Å². The molecule has 1 saturated heterocycles. The lowest BCUT2D eigenvalue weighted by Crippen LogP contribution is -2.48. The van der Waals surface area contributed by atoms with E-state index in [0.29, 0.717) is 62.6 Å². The molecule has 2 heterocycles. The zero-order chi connectivity index (χ0) is 20.3. The number of amides is 3. The Morgan fingerprint density at radius 1 is 1.14 bits per heavy atom. The van der Waals surface area contributed by atoms with Gasteiger partial charge >= 0.3 is 6.03 Å². The van der Waals surface area contributed by atoms with Crippen molar-refractivity contribution in [2.45, 2.75) is 40.2 Å². The van der Waals surface area contributed by atoms with Crippen LogP contribution in [0.4, 0.5) is 10.5 Å². The average molecular weight is 389 g/mol. The maximum absolute atomic E-state index is 12.8. The number of ether oxygens (including phenoxy) is 2. The summed E-state index contributed by atoms with van der Waals surface area (Å²) in [5.41, 5.74) is 0.771. The summed E-state index contributed by atoms with van der Waals surface area (Å²) in [6.07, 6.45) is 0.303. The number of nitrogens with one attached hydrogen (secondary N) is 1. The van der Waals surface area contributed by atoms with E-state index in [-0.39, 0.29) is 18.0 Å². The number of fused-ring (bicyclic) bond motifs is 1.